The van der Waals surface area contributed by atoms with E-state index in [-0.39, 0.29) is 0 Å². The molecule has 0 bridgehead atoms. The fraction of sp³-hybridized carbons (Fsp3) is 0.529. The first-order valence-corrected chi connectivity index (χ1v) is 8.59. The number of hydrogen-bond acceptors (Lipinski definition) is 6. The first kappa shape index (κ1) is 15.1. The summed E-state index contributed by atoms with van der Waals surface area (Å²) >= 11 is 0. The molecule has 0 radical (unpaired) electrons. The van der Waals surface area contributed by atoms with Crippen LogP contribution in [0.15, 0.2) is 16.7 Å². The summed E-state index contributed by atoms with van der Waals surface area (Å²) < 4.78 is 7.26. The molecule has 24 heavy (non-hydrogen) atoms. The van der Waals surface area contributed by atoms with Crippen molar-refractivity contribution in [3.05, 3.63) is 35.2 Å². The van der Waals surface area contributed by atoms with Gasteiger partial charge in [0, 0.05) is 36.7 Å². The molecular weight excluding hydrogens is 304 g/mol. The molecule has 1 N–H and O–H groups in total. The summed E-state index contributed by atoms with van der Waals surface area (Å²) in [5.74, 6) is 2.98. The fourth-order valence-electron chi connectivity index (χ4n) is 3.35. The standard InChI is InChI=1S/C17H22N6O/c1-11-9-15(23-16(19-11)10-12(2)21-23)18-8-7-14-20-17(24-22-14)13-5-3-4-6-13/h9-10,13,18H,3-8H2,1-2H3. The second kappa shape index (κ2) is 6.22. The Labute approximate surface area is 140 Å². The van der Waals surface area contributed by atoms with Crippen molar-refractivity contribution in [3.8, 4) is 0 Å². The Morgan fingerprint density at radius 2 is 2.00 bits per heavy atom. The van der Waals surface area contributed by atoms with E-state index >= 15 is 0 Å². The monoisotopic (exact) mass is 326 g/mol. The fourth-order valence-corrected chi connectivity index (χ4v) is 3.35. The van der Waals surface area contributed by atoms with E-state index in [1.54, 1.807) is 0 Å². The van der Waals surface area contributed by atoms with Gasteiger partial charge in [-0.15, -0.1) is 0 Å². The van der Waals surface area contributed by atoms with E-state index in [2.05, 4.69) is 25.5 Å². The van der Waals surface area contributed by atoms with E-state index < -0.39 is 0 Å². The van der Waals surface area contributed by atoms with E-state index in [1.807, 2.05) is 30.5 Å². The largest absolute Gasteiger partial charge is 0.369 e. The number of aromatic nitrogens is 5. The minimum absolute atomic E-state index is 0.466. The van der Waals surface area contributed by atoms with Gasteiger partial charge in [-0.1, -0.05) is 18.0 Å². The Hall–Kier alpha value is -2.44. The Balaban J connectivity index is 1.42. The van der Waals surface area contributed by atoms with Gasteiger partial charge in [0.15, 0.2) is 11.5 Å². The van der Waals surface area contributed by atoms with Crippen LogP contribution in [0.3, 0.4) is 0 Å². The lowest BCUT2D eigenvalue weighted by Gasteiger charge is -2.08. The third-order valence-electron chi connectivity index (χ3n) is 4.52. The molecule has 0 amide bonds. The molecule has 4 rings (SSSR count). The number of anilines is 1. The molecule has 0 aromatic carbocycles. The molecule has 0 atom stereocenters. The maximum absolute atomic E-state index is 5.43. The zero-order valence-electron chi connectivity index (χ0n) is 14.1. The Bertz CT molecular complexity index is 846. The van der Waals surface area contributed by atoms with Crippen molar-refractivity contribution in [2.45, 2.75) is 51.9 Å². The van der Waals surface area contributed by atoms with Crippen LogP contribution < -0.4 is 5.32 Å². The molecule has 7 heteroatoms. The molecule has 1 aliphatic carbocycles. The highest BCUT2D eigenvalue weighted by Gasteiger charge is 2.22. The molecule has 1 aliphatic rings. The molecule has 7 nitrogen and oxygen atoms in total. The summed E-state index contributed by atoms with van der Waals surface area (Å²) in [4.78, 5) is 9.05. The van der Waals surface area contributed by atoms with Gasteiger partial charge in [0.05, 0.1) is 5.69 Å². The summed E-state index contributed by atoms with van der Waals surface area (Å²) in [5.41, 5.74) is 2.78. The van der Waals surface area contributed by atoms with Crippen molar-refractivity contribution in [3.63, 3.8) is 0 Å². The predicted molar refractivity (Wildman–Crippen MR) is 90.2 cm³/mol. The highest BCUT2D eigenvalue weighted by Crippen LogP contribution is 2.32. The van der Waals surface area contributed by atoms with Crippen LogP contribution in [-0.4, -0.2) is 31.3 Å². The van der Waals surface area contributed by atoms with E-state index in [9.17, 15) is 0 Å². The lowest BCUT2D eigenvalue weighted by molar-refractivity contribution is 0.350. The van der Waals surface area contributed by atoms with Crippen LogP contribution in [0.2, 0.25) is 0 Å². The Morgan fingerprint density at radius 1 is 1.17 bits per heavy atom. The van der Waals surface area contributed by atoms with Crippen LogP contribution in [0.5, 0.6) is 0 Å². The normalized spacial score (nSPS) is 15.4. The Kier molecular flexibility index (Phi) is 3.92. The lowest BCUT2D eigenvalue weighted by Crippen LogP contribution is -2.11. The first-order chi connectivity index (χ1) is 11.7. The number of nitrogens with zero attached hydrogens (tertiary/aromatic N) is 5. The molecule has 1 fully saturated rings. The number of fused-ring (bicyclic) bond motifs is 1. The SMILES string of the molecule is Cc1cc(NCCc2noc(C3CCCC3)n2)n2nc(C)cc2n1. The van der Waals surface area contributed by atoms with Crippen molar-refractivity contribution in [2.24, 2.45) is 0 Å². The molecule has 3 aromatic rings. The van der Waals surface area contributed by atoms with Crippen molar-refractivity contribution in [1.29, 1.82) is 0 Å². The molecule has 126 valence electrons. The van der Waals surface area contributed by atoms with Gasteiger partial charge in [-0.2, -0.15) is 14.6 Å². The average Bonchev–Trinajstić information content (AvgIpc) is 3.25. The molecular formula is C17H22N6O. The quantitative estimate of drug-likeness (QED) is 0.776. The van der Waals surface area contributed by atoms with Crippen LogP contribution >= 0.6 is 0 Å². The number of aryl methyl sites for hydroxylation is 2. The van der Waals surface area contributed by atoms with E-state index in [4.69, 9.17) is 4.52 Å². The van der Waals surface area contributed by atoms with Crippen molar-refractivity contribution in [1.82, 2.24) is 24.7 Å². The number of rotatable bonds is 5. The summed E-state index contributed by atoms with van der Waals surface area (Å²) in [6.07, 6.45) is 5.61. The maximum Gasteiger partial charge on any atom is 0.229 e. The second-order valence-electron chi connectivity index (χ2n) is 6.55. The number of hydrogen-bond donors (Lipinski definition) is 1. The van der Waals surface area contributed by atoms with Gasteiger partial charge in [-0.25, -0.2) is 4.98 Å². The van der Waals surface area contributed by atoms with Crippen LogP contribution in [0.1, 0.15) is 54.7 Å². The molecule has 1 saturated carbocycles. The van der Waals surface area contributed by atoms with Gasteiger partial charge in [0.2, 0.25) is 5.89 Å². The van der Waals surface area contributed by atoms with Gasteiger partial charge in [-0.3, -0.25) is 0 Å². The van der Waals surface area contributed by atoms with Crippen LogP contribution in [0.4, 0.5) is 5.82 Å². The van der Waals surface area contributed by atoms with Gasteiger partial charge < -0.3 is 9.84 Å². The third kappa shape index (κ3) is 2.98. The summed E-state index contributed by atoms with van der Waals surface area (Å²) in [5, 5.41) is 12.0. The van der Waals surface area contributed by atoms with E-state index in [0.717, 1.165) is 47.5 Å². The second-order valence-corrected chi connectivity index (χ2v) is 6.55. The summed E-state index contributed by atoms with van der Waals surface area (Å²) in [7, 11) is 0. The predicted octanol–water partition coefficient (Wildman–Crippen LogP) is 3.04. The van der Waals surface area contributed by atoms with Crippen LogP contribution in [-0.2, 0) is 6.42 Å². The van der Waals surface area contributed by atoms with Crippen molar-refractivity contribution in [2.75, 3.05) is 11.9 Å². The summed E-state index contributed by atoms with van der Waals surface area (Å²) in [6.45, 7) is 4.68. The molecule has 0 saturated heterocycles. The van der Waals surface area contributed by atoms with Gasteiger partial charge >= 0.3 is 0 Å². The molecule has 0 unspecified atom stereocenters. The third-order valence-corrected chi connectivity index (χ3v) is 4.52. The van der Waals surface area contributed by atoms with Crippen molar-refractivity contribution < 1.29 is 4.52 Å². The zero-order chi connectivity index (χ0) is 16.5. The molecule has 3 heterocycles. The highest BCUT2D eigenvalue weighted by molar-refractivity contribution is 5.50. The minimum Gasteiger partial charge on any atom is -0.369 e. The van der Waals surface area contributed by atoms with Crippen LogP contribution in [0, 0.1) is 13.8 Å². The number of nitrogens with one attached hydrogen (secondary N) is 1. The maximum atomic E-state index is 5.43. The molecule has 3 aromatic heterocycles. The lowest BCUT2D eigenvalue weighted by atomic mass is 10.1. The van der Waals surface area contributed by atoms with E-state index in [1.165, 1.54) is 25.7 Å². The van der Waals surface area contributed by atoms with Gasteiger partial charge in [-0.05, 0) is 26.7 Å². The average molecular weight is 326 g/mol. The zero-order valence-corrected chi connectivity index (χ0v) is 14.1. The molecule has 0 spiro atoms. The van der Waals surface area contributed by atoms with Gasteiger partial charge in [0.1, 0.15) is 5.82 Å². The van der Waals surface area contributed by atoms with E-state index in [0.29, 0.717) is 5.92 Å². The summed E-state index contributed by atoms with van der Waals surface area (Å²) in [6, 6.07) is 3.98. The van der Waals surface area contributed by atoms with Gasteiger partial charge in [0.25, 0.3) is 0 Å². The smallest absolute Gasteiger partial charge is 0.229 e. The molecule has 0 aliphatic heterocycles. The topological polar surface area (TPSA) is 81.1 Å². The Morgan fingerprint density at radius 3 is 2.83 bits per heavy atom. The minimum atomic E-state index is 0.466. The van der Waals surface area contributed by atoms with Crippen LogP contribution in [0.25, 0.3) is 5.65 Å². The first-order valence-electron chi connectivity index (χ1n) is 8.59. The highest BCUT2D eigenvalue weighted by atomic mass is 16.5. The van der Waals surface area contributed by atoms with Crippen molar-refractivity contribution >= 4 is 11.5 Å².